The van der Waals surface area contributed by atoms with Gasteiger partial charge in [0.15, 0.2) is 0 Å². The third-order valence-corrected chi connectivity index (χ3v) is 3.42. The highest BCUT2D eigenvalue weighted by Gasteiger charge is 2.11. The number of nitrogens with one attached hydrogen (secondary N) is 1. The van der Waals surface area contributed by atoms with Gasteiger partial charge in [-0.3, -0.25) is 9.78 Å². The highest BCUT2D eigenvalue weighted by Crippen LogP contribution is 2.18. The van der Waals surface area contributed by atoms with Gasteiger partial charge in [0.1, 0.15) is 0 Å². The number of pyridine rings is 1. The van der Waals surface area contributed by atoms with Gasteiger partial charge >= 0.3 is 5.97 Å². The van der Waals surface area contributed by atoms with Crippen molar-refractivity contribution in [3.63, 3.8) is 0 Å². The summed E-state index contributed by atoms with van der Waals surface area (Å²) in [6.45, 7) is 1.91. The van der Waals surface area contributed by atoms with Gasteiger partial charge in [-0.25, -0.2) is 4.79 Å². The maximum Gasteiger partial charge on any atom is 0.335 e. The number of hydrogen-bond donors (Lipinski definition) is 2. The van der Waals surface area contributed by atoms with Crippen molar-refractivity contribution in [1.29, 1.82) is 0 Å². The van der Waals surface area contributed by atoms with Gasteiger partial charge in [0, 0.05) is 16.8 Å². The predicted octanol–water partition coefficient (Wildman–Crippen LogP) is 2.67. The Morgan fingerprint density at radius 3 is 2.81 bits per heavy atom. The molecule has 1 aromatic heterocycles. The SMILES string of the molecule is Cc1c(Cl)cccc1C(=O)NCc1cc(C(=O)O)ccn1. The van der Waals surface area contributed by atoms with Crippen LogP contribution in [0, 0.1) is 6.92 Å². The monoisotopic (exact) mass is 304 g/mol. The first kappa shape index (κ1) is 15.0. The number of benzene rings is 1. The number of aromatic carboxylic acids is 1. The first-order valence-corrected chi connectivity index (χ1v) is 6.58. The molecule has 2 rings (SSSR count). The molecule has 0 unspecified atom stereocenters. The molecule has 0 radical (unpaired) electrons. The average molecular weight is 305 g/mol. The maximum atomic E-state index is 12.1. The topological polar surface area (TPSA) is 79.3 Å². The molecule has 2 N–H and O–H groups in total. The summed E-state index contributed by atoms with van der Waals surface area (Å²) >= 11 is 5.97. The van der Waals surface area contributed by atoms with E-state index in [4.69, 9.17) is 16.7 Å². The number of carbonyl (C=O) groups is 2. The molecule has 0 saturated heterocycles. The zero-order chi connectivity index (χ0) is 15.4. The van der Waals surface area contributed by atoms with Crippen LogP contribution in [0.1, 0.15) is 32.0 Å². The van der Waals surface area contributed by atoms with Crippen molar-refractivity contribution in [3.8, 4) is 0 Å². The normalized spacial score (nSPS) is 10.2. The molecule has 6 heteroatoms. The standard InChI is InChI=1S/C15H13ClN2O3/c1-9-12(3-2-4-13(9)16)14(19)18-8-11-7-10(15(20)21)5-6-17-11/h2-7H,8H2,1H3,(H,18,19)(H,20,21). The minimum atomic E-state index is -1.03. The average Bonchev–Trinajstić information content (AvgIpc) is 2.48. The number of hydrogen-bond acceptors (Lipinski definition) is 3. The highest BCUT2D eigenvalue weighted by atomic mass is 35.5. The Balaban J connectivity index is 2.09. The Morgan fingerprint density at radius 1 is 1.33 bits per heavy atom. The molecule has 1 heterocycles. The molecule has 0 aliphatic heterocycles. The van der Waals surface area contributed by atoms with Crippen LogP contribution in [0.4, 0.5) is 0 Å². The summed E-state index contributed by atoms with van der Waals surface area (Å²) in [4.78, 5) is 27.0. The Kier molecular flexibility index (Phi) is 4.55. The summed E-state index contributed by atoms with van der Waals surface area (Å²) in [6, 6.07) is 7.92. The first-order valence-electron chi connectivity index (χ1n) is 6.20. The number of rotatable bonds is 4. The van der Waals surface area contributed by atoms with Gasteiger partial charge < -0.3 is 10.4 Å². The molecule has 1 amide bonds. The number of carbonyl (C=O) groups excluding carboxylic acids is 1. The number of nitrogens with zero attached hydrogens (tertiary/aromatic N) is 1. The zero-order valence-electron chi connectivity index (χ0n) is 11.3. The molecule has 0 saturated carbocycles. The van der Waals surface area contributed by atoms with Gasteiger partial charge in [0.25, 0.3) is 5.91 Å². The summed E-state index contributed by atoms with van der Waals surface area (Å²) in [5.74, 6) is -1.31. The fourth-order valence-corrected chi connectivity index (χ4v) is 2.00. The van der Waals surface area contributed by atoms with Crippen LogP contribution in [0.25, 0.3) is 0 Å². The number of amides is 1. The van der Waals surface area contributed by atoms with Gasteiger partial charge in [0.05, 0.1) is 17.8 Å². The minimum Gasteiger partial charge on any atom is -0.478 e. The first-order chi connectivity index (χ1) is 9.99. The third kappa shape index (κ3) is 3.58. The Hall–Kier alpha value is -2.40. The number of aromatic nitrogens is 1. The second kappa shape index (κ2) is 6.37. The largest absolute Gasteiger partial charge is 0.478 e. The summed E-state index contributed by atoms with van der Waals surface area (Å²) < 4.78 is 0. The molecular weight excluding hydrogens is 292 g/mol. The van der Waals surface area contributed by atoms with E-state index in [0.29, 0.717) is 21.8 Å². The van der Waals surface area contributed by atoms with E-state index >= 15 is 0 Å². The van der Waals surface area contributed by atoms with Crippen LogP contribution in [0.5, 0.6) is 0 Å². The lowest BCUT2D eigenvalue weighted by Crippen LogP contribution is -2.24. The molecule has 2 aromatic rings. The molecule has 0 bridgehead atoms. The fraction of sp³-hybridized carbons (Fsp3) is 0.133. The van der Waals surface area contributed by atoms with E-state index in [1.165, 1.54) is 18.3 Å². The molecule has 0 fully saturated rings. The summed E-state index contributed by atoms with van der Waals surface area (Å²) in [5.41, 5.74) is 1.79. The van der Waals surface area contributed by atoms with E-state index in [1.54, 1.807) is 25.1 Å². The fourth-order valence-electron chi connectivity index (χ4n) is 1.83. The molecular formula is C15H13ClN2O3. The second-order valence-electron chi connectivity index (χ2n) is 4.44. The van der Waals surface area contributed by atoms with Crippen LogP contribution in [0.2, 0.25) is 5.02 Å². The molecule has 21 heavy (non-hydrogen) atoms. The zero-order valence-corrected chi connectivity index (χ0v) is 12.0. The number of carboxylic acid groups (broad SMARTS) is 1. The van der Waals surface area contributed by atoms with Gasteiger partial charge in [-0.05, 0) is 36.8 Å². The van der Waals surface area contributed by atoms with Crippen molar-refractivity contribution in [3.05, 3.63) is 63.9 Å². The van der Waals surface area contributed by atoms with Crippen molar-refractivity contribution >= 4 is 23.5 Å². The molecule has 5 nitrogen and oxygen atoms in total. The van der Waals surface area contributed by atoms with E-state index in [0.717, 1.165) is 0 Å². The second-order valence-corrected chi connectivity index (χ2v) is 4.84. The smallest absolute Gasteiger partial charge is 0.335 e. The van der Waals surface area contributed by atoms with Crippen molar-refractivity contribution in [2.45, 2.75) is 13.5 Å². The summed E-state index contributed by atoms with van der Waals surface area (Å²) in [7, 11) is 0. The lowest BCUT2D eigenvalue weighted by atomic mass is 10.1. The van der Waals surface area contributed by atoms with Gasteiger partial charge in [-0.2, -0.15) is 0 Å². The summed E-state index contributed by atoms with van der Waals surface area (Å²) in [5, 5.41) is 12.1. The van der Waals surface area contributed by atoms with E-state index in [1.807, 2.05) is 0 Å². The van der Waals surface area contributed by atoms with E-state index in [2.05, 4.69) is 10.3 Å². The van der Waals surface area contributed by atoms with Crippen LogP contribution in [0.3, 0.4) is 0 Å². The lowest BCUT2D eigenvalue weighted by molar-refractivity contribution is 0.0696. The third-order valence-electron chi connectivity index (χ3n) is 3.01. The van der Waals surface area contributed by atoms with Gasteiger partial charge in [-0.15, -0.1) is 0 Å². The molecule has 0 aliphatic carbocycles. The molecule has 108 valence electrons. The van der Waals surface area contributed by atoms with Gasteiger partial charge in [0.2, 0.25) is 0 Å². The Morgan fingerprint density at radius 2 is 2.10 bits per heavy atom. The van der Waals surface area contributed by atoms with Crippen LogP contribution < -0.4 is 5.32 Å². The highest BCUT2D eigenvalue weighted by molar-refractivity contribution is 6.31. The van der Waals surface area contributed by atoms with E-state index in [9.17, 15) is 9.59 Å². The predicted molar refractivity (Wildman–Crippen MR) is 78.6 cm³/mol. The molecule has 0 spiro atoms. The Labute approximate surface area is 126 Å². The van der Waals surface area contributed by atoms with Crippen LogP contribution >= 0.6 is 11.6 Å². The Bertz CT molecular complexity index is 701. The maximum absolute atomic E-state index is 12.1. The van der Waals surface area contributed by atoms with E-state index < -0.39 is 5.97 Å². The molecule has 0 atom stereocenters. The van der Waals surface area contributed by atoms with E-state index in [-0.39, 0.29) is 18.0 Å². The van der Waals surface area contributed by atoms with Crippen molar-refractivity contribution in [1.82, 2.24) is 10.3 Å². The van der Waals surface area contributed by atoms with Crippen molar-refractivity contribution in [2.24, 2.45) is 0 Å². The summed E-state index contributed by atoms with van der Waals surface area (Å²) in [6.07, 6.45) is 1.40. The van der Waals surface area contributed by atoms with Crippen LogP contribution in [0.15, 0.2) is 36.5 Å². The van der Waals surface area contributed by atoms with Gasteiger partial charge in [-0.1, -0.05) is 17.7 Å². The van der Waals surface area contributed by atoms with Crippen molar-refractivity contribution < 1.29 is 14.7 Å². The van der Waals surface area contributed by atoms with Crippen LogP contribution in [-0.2, 0) is 6.54 Å². The van der Waals surface area contributed by atoms with Crippen molar-refractivity contribution in [2.75, 3.05) is 0 Å². The minimum absolute atomic E-state index is 0.133. The quantitative estimate of drug-likeness (QED) is 0.910. The lowest BCUT2D eigenvalue weighted by Gasteiger charge is -2.08. The number of halogens is 1. The number of carboxylic acids is 1. The van der Waals surface area contributed by atoms with Crippen LogP contribution in [-0.4, -0.2) is 22.0 Å². The molecule has 0 aliphatic rings. The molecule has 1 aromatic carbocycles.